The van der Waals surface area contributed by atoms with Gasteiger partial charge < -0.3 is 4.52 Å². The van der Waals surface area contributed by atoms with Gasteiger partial charge in [0, 0.05) is 0 Å². The van der Waals surface area contributed by atoms with Crippen molar-refractivity contribution >= 4 is 5.91 Å². The van der Waals surface area contributed by atoms with Crippen LogP contribution in [0.1, 0.15) is 10.7 Å². The topological polar surface area (TPSA) is 114 Å². The summed E-state index contributed by atoms with van der Waals surface area (Å²) in [5.74, 6) is 3.56. The number of amides is 1. The molecule has 1 amide bonds. The minimum absolute atomic E-state index is 0.382. The Balaban J connectivity index is 2.95. The van der Waals surface area contributed by atoms with Gasteiger partial charge in [-0.1, -0.05) is 0 Å². The third-order valence-electron chi connectivity index (χ3n) is 0.763. The van der Waals surface area contributed by atoms with Gasteiger partial charge in [0.1, 0.15) is 0 Å². The molecular formula is C3H4N4O3. The Morgan fingerprint density at radius 2 is 2.50 bits per heavy atom. The van der Waals surface area contributed by atoms with E-state index in [1.807, 2.05) is 5.16 Å². The summed E-state index contributed by atoms with van der Waals surface area (Å²) in [7, 11) is 0. The summed E-state index contributed by atoms with van der Waals surface area (Å²) in [6, 6.07) is 0. The van der Waals surface area contributed by atoms with Gasteiger partial charge in [-0.25, -0.2) is 10.6 Å². The fourth-order valence-corrected chi connectivity index (χ4v) is 0.389. The summed E-state index contributed by atoms with van der Waals surface area (Å²) in [5, 5.41) is 1.83. The van der Waals surface area contributed by atoms with Gasteiger partial charge in [0.15, 0.2) is 0 Å². The van der Waals surface area contributed by atoms with Gasteiger partial charge in [0.2, 0.25) is 0 Å². The van der Waals surface area contributed by atoms with Gasteiger partial charge in [-0.05, 0) is 0 Å². The fourth-order valence-electron chi connectivity index (χ4n) is 0.389. The molecule has 0 saturated carbocycles. The molecule has 0 aliphatic heterocycles. The van der Waals surface area contributed by atoms with Crippen LogP contribution in [-0.4, -0.2) is 16.0 Å². The van der Waals surface area contributed by atoms with Crippen molar-refractivity contribution in [2.45, 2.75) is 0 Å². The molecule has 0 bridgehead atoms. The Labute approximate surface area is 54.2 Å². The van der Waals surface area contributed by atoms with Crippen LogP contribution >= 0.6 is 0 Å². The lowest BCUT2D eigenvalue weighted by atomic mass is 10.6. The van der Waals surface area contributed by atoms with Crippen molar-refractivity contribution in [3.63, 3.8) is 0 Å². The number of nitrogens with one attached hydrogen (secondary N) is 2. The predicted molar refractivity (Wildman–Crippen MR) is 28.8 cm³/mol. The zero-order chi connectivity index (χ0) is 7.56. The third-order valence-corrected chi connectivity index (χ3v) is 0.763. The second kappa shape index (κ2) is 2.31. The van der Waals surface area contributed by atoms with Crippen LogP contribution in [0.25, 0.3) is 0 Å². The van der Waals surface area contributed by atoms with Crippen LogP contribution in [0.5, 0.6) is 0 Å². The van der Waals surface area contributed by atoms with Crippen LogP contribution in [0.2, 0.25) is 0 Å². The molecule has 54 valence electrons. The molecule has 1 rings (SSSR count). The van der Waals surface area contributed by atoms with Gasteiger partial charge in [-0.2, -0.15) is 5.16 Å². The lowest BCUT2D eigenvalue weighted by Crippen LogP contribution is -2.30. The number of nitrogens with zero attached hydrogens (tertiary/aromatic N) is 1. The fraction of sp³-hybridized carbons (Fsp3) is 0. The van der Waals surface area contributed by atoms with Crippen LogP contribution in [0, 0.1) is 0 Å². The zero-order valence-electron chi connectivity index (χ0n) is 4.75. The largest absolute Gasteiger partial charge is 0.377 e. The number of hydrogen-bond donors (Lipinski definition) is 3. The first-order valence-electron chi connectivity index (χ1n) is 2.30. The summed E-state index contributed by atoms with van der Waals surface area (Å²) in [6.07, 6.45) is 0. The van der Waals surface area contributed by atoms with Crippen LogP contribution in [-0.2, 0) is 0 Å². The highest BCUT2D eigenvalue weighted by atomic mass is 16.5. The molecular weight excluding hydrogens is 140 g/mol. The summed E-state index contributed by atoms with van der Waals surface area (Å²) < 4.78 is 4.28. The Bertz CT molecular complexity index is 286. The van der Waals surface area contributed by atoms with E-state index >= 15 is 0 Å². The van der Waals surface area contributed by atoms with E-state index in [2.05, 4.69) is 9.51 Å². The second-order valence-electron chi connectivity index (χ2n) is 1.40. The van der Waals surface area contributed by atoms with E-state index in [4.69, 9.17) is 5.84 Å². The number of rotatable bonds is 1. The lowest BCUT2D eigenvalue weighted by Gasteiger charge is -1.87. The standard InChI is InChI=1S/C3H4N4O3/c4-6-1(8)2-5-3(9)7-10-2/h4H2,(H,6,8)(H,7,9). The van der Waals surface area contributed by atoms with Gasteiger partial charge in [0.25, 0.3) is 0 Å². The number of carbonyl (C=O) groups is 1. The maximum Gasteiger partial charge on any atom is 0.377 e. The number of aromatic nitrogens is 2. The van der Waals surface area contributed by atoms with Crippen LogP contribution in [0.3, 0.4) is 0 Å². The molecule has 0 unspecified atom stereocenters. The van der Waals surface area contributed by atoms with Gasteiger partial charge >= 0.3 is 17.5 Å². The molecule has 0 aliphatic carbocycles. The molecule has 1 aromatic heterocycles. The van der Waals surface area contributed by atoms with E-state index in [0.717, 1.165) is 0 Å². The Hall–Kier alpha value is -1.63. The molecule has 0 aromatic carbocycles. The second-order valence-corrected chi connectivity index (χ2v) is 1.40. The highest BCUT2D eigenvalue weighted by molar-refractivity contribution is 5.88. The van der Waals surface area contributed by atoms with E-state index in [1.165, 1.54) is 0 Å². The smallest absolute Gasteiger partial charge is 0.351 e. The summed E-state index contributed by atoms with van der Waals surface area (Å²) in [6.45, 7) is 0. The van der Waals surface area contributed by atoms with Gasteiger partial charge in [0.05, 0.1) is 0 Å². The summed E-state index contributed by atoms with van der Waals surface area (Å²) in [4.78, 5) is 23.8. The van der Waals surface area contributed by atoms with E-state index in [1.54, 1.807) is 5.43 Å². The zero-order valence-corrected chi connectivity index (χ0v) is 4.75. The van der Waals surface area contributed by atoms with Crippen molar-refractivity contribution in [3.8, 4) is 0 Å². The third kappa shape index (κ3) is 1.03. The molecule has 0 atom stereocenters. The Morgan fingerprint density at radius 3 is 2.90 bits per heavy atom. The number of hydrazine groups is 1. The molecule has 1 heterocycles. The molecule has 1 aromatic rings. The van der Waals surface area contributed by atoms with Crippen molar-refractivity contribution in [1.29, 1.82) is 0 Å². The van der Waals surface area contributed by atoms with Crippen LogP contribution < -0.4 is 17.0 Å². The summed E-state index contributed by atoms with van der Waals surface area (Å²) in [5.41, 5.74) is 1.02. The molecule has 0 radical (unpaired) electrons. The lowest BCUT2D eigenvalue weighted by molar-refractivity contribution is 0.0910. The number of H-pyrrole nitrogens is 1. The maximum absolute atomic E-state index is 10.5. The van der Waals surface area contributed by atoms with E-state index < -0.39 is 11.6 Å². The Kier molecular flexibility index (Phi) is 1.50. The molecule has 0 spiro atoms. The van der Waals surface area contributed by atoms with Crippen molar-refractivity contribution < 1.29 is 9.32 Å². The Morgan fingerprint density at radius 1 is 1.80 bits per heavy atom. The number of nitrogens with two attached hydrogens (primary N) is 1. The number of carbonyl (C=O) groups excluding carboxylic acids is 1. The molecule has 0 saturated heterocycles. The van der Waals surface area contributed by atoms with Gasteiger partial charge in [-0.15, -0.1) is 4.98 Å². The molecule has 0 fully saturated rings. The van der Waals surface area contributed by atoms with Crippen molar-refractivity contribution in [2.24, 2.45) is 5.84 Å². The minimum Gasteiger partial charge on any atom is -0.351 e. The highest BCUT2D eigenvalue weighted by Gasteiger charge is 2.09. The first-order chi connectivity index (χ1) is 4.74. The average molecular weight is 144 g/mol. The number of aromatic amines is 1. The molecule has 7 nitrogen and oxygen atoms in total. The van der Waals surface area contributed by atoms with E-state index in [0.29, 0.717) is 0 Å². The molecule has 4 N–H and O–H groups in total. The van der Waals surface area contributed by atoms with E-state index in [-0.39, 0.29) is 5.89 Å². The van der Waals surface area contributed by atoms with Crippen LogP contribution in [0.4, 0.5) is 0 Å². The molecule has 7 heteroatoms. The number of nitrogen functional groups attached to an aromatic ring is 1. The first-order valence-corrected chi connectivity index (χ1v) is 2.30. The van der Waals surface area contributed by atoms with Crippen molar-refractivity contribution in [2.75, 3.05) is 0 Å². The minimum atomic E-state index is -0.752. The monoisotopic (exact) mass is 144 g/mol. The normalized spacial score (nSPS) is 9.30. The summed E-state index contributed by atoms with van der Waals surface area (Å²) >= 11 is 0. The SMILES string of the molecule is NNC(=O)c1nc(=O)[nH]o1. The van der Waals surface area contributed by atoms with E-state index in [9.17, 15) is 9.59 Å². The highest BCUT2D eigenvalue weighted by Crippen LogP contribution is 1.83. The van der Waals surface area contributed by atoms with Crippen LogP contribution in [0.15, 0.2) is 9.32 Å². The quantitative estimate of drug-likeness (QED) is 0.239. The first kappa shape index (κ1) is 6.49. The van der Waals surface area contributed by atoms with Crippen molar-refractivity contribution in [1.82, 2.24) is 15.6 Å². The average Bonchev–Trinajstić information content (AvgIpc) is 2.34. The predicted octanol–water partition coefficient (Wildman–Crippen LogP) is -2.03. The maximum atomic E-state index is 10.5. The molecule has 10 heavy (non-hydrogen) atoms. The van der Waals surface area contributed by atoms with Gasteiger partial charge in [-0.3, -0.25) is 10.2 Å². The molecule has 0 aliphatic rings. The van der Waals surface area contributed by atoms with Crippen molar-refractivity contribution in [3.05, 3.63) is 16.4 Å². The number of hydrogen-bond acceptors (Lipinski definition) is 5.